The Morgan fingerprint density at radius 1 is 1.50 bits per heavy atom. The molecule has 2 aromatic rings. The summed E-state index contributed by atoms with van der Waals surface area (Å²) in [5, 5.41) is 10.5. The van der Waals surface area contributed by atoms with E-state index in [2.05, 4.69) is 9.72 Å². The Morgan fingerprint density at radius 2 is 2.31 bits per heavy atom. The number of nitrogens with one attached hydrogen (secondary N) is 1. The smallest absolute Gasteiger partial charge is 0.305 e. The van der Waals surface area contributed by atoms with E-state index in [1.165, 1.54) is 7.11 Å². The molecule has 0 aliphatic rings. The van der Waals surface area contributed by atoms with Crippen molar-refractivity contribution in [1.82, 2.24) is 4.98 Å². The van der Waals surface area contributed by atoms with Gasteiger partial charge in [-0.3, -0.25) is 4.79 Å². The van der Waals surface area contributed by atoms with Crippen LogP contribution in [-0.2, 0) is 16.0 Å². The van der Waals surface area contributed by atoms with Crippen molar-refractivity contribution in [2.45, 2.75) is 12.8 Å². The summed E-state index contributed by atoms with van der Waals surface area (Å²) in [4.78, 5) is 14.1. The standard InChI is InChI=1S/C12H13NO3/c1-16-11(15)6-5-8-7-13-9-3-2-4-10(14)12(8)9/h2-4,7,13-14H,5-6H2,1H3. The second-order valence-corrected chi connectivity index (χ2v) is 3.59. The second-order valence-electron chi connectivity index (χ2n) is 3.59. The Labute approximate surface area is 92.9 Å². The Kier molecular flexibility index (Phi) is 2.81. The summed E-state index contributed by atoms with van der Waals surface area (Å²) < 4.78 is 4.58. The Hall–Kier alpha value is -1.97. The third-order valence-electron chi connectivity index (χ3n) is 2.59. The Bertz CT molecular complexity index is 516. The molecule has 0 amide bonds. The van der Waals surface area contributed by atoms with Gasteiger partial charge in [-0.05, 0) is 24.1 Å². The SMILES string of the molecule is COC(=O)CCc1c[nH]c2cccc(O)c12. The van der Waals surface area contributed by atoms with E-state index in [0.29, 0.717) is 12.8 Å². The fourth-order valence-electron chi connectivity index (χ4n) is 1.77. The number of phenols is 1. The number of rotatable bonds is 3. The zero-order chi connectivity index (χ0) is 11.5. The lowest BCUT2D eigenvalue weighted by Gasteiger charge is -2.00. The summed E-state index contributed by atoms with van der Waals surface area (Å²) in [6.45, 7) is 0. The van der Waals surface area contributed by atoms with Crippen molar-refractivity contribution in [3.05, 3.63) is 30.0 Å². The van der Waals surface area contributed by atoms with Gasteiger partial charge in [0.25, 0.3) is 0 Å². The average Bonchev–Trinajstić information content (AvgIpc) is 2.70. The molecule has 0 atom stereocenters. The van der Waals surface area contributed by atoms with E-state index in [1.807, 2.05) is 12.3 Å². The molecule has 2 N–H and O–H groups in total. The number of aromatic amines is 1. The van der Waals surface area contributed by atoms with Crippen LogP contribution in [0.25, 0.3) is 10.9 Å². The average molecular weight is 219 g/mol. The number of phenolic OH excluding ortho intramolecular Hbond substituents is 1. The first-order valence-corrected chi connectivity index (χ1v) is 5.07. The number of H-pyrrole nitrogens is 1. The molecule has 0 radical (unpaired) electrons. The Morgan fingerprint density at radius 3 is 3.06 bits per heavy atom. The normalized spacial score (nSPS) is 10.6. The van der Waals surface area contributed by atoms with Gasteiger partial charge >= 0.3 is 5.97 Å². The number of aryl methyl sites for hydroxylation is 1. The summed E-state index contributed by atoms with van der Waals surface area (Å²) in [6, 6.07) is 5.30. The quantitative estimate of drug-likeness (QED) is 0.776. The molecule has 0 fully saturated rings. The molecule has 0 bridgehead atoms. The number of aromatic hydroxyl groups is 1. The van der Waals surface area contributed by atoms with E-state index in [9.17, 15) is 9.90 Å². The van der Waals surface area contributed by atoms with Gasteiger partial charge in [-0.1, -0.05) is 6.07 Å². The van der Waals surface area contributed by atoms with Gasteiger partial charge in [-0.15, -0.1) is 0 Å². The lowest BCUT2D eigenvalue weighted by molar-refractivity contribution is -0.140. The molecule has 1 aromatic heterocycles. The number of hydrogen-bond acceptors (Lipinski definition) is 3. The largest absolute Gasteiger partial charge is 0.507 e. The van der Waals surface area contributed by atoms with Crippen LogP contribution in [0, 0.1) is 0 Å². The van der Waals surface area contributed by atoms with Crippen molar-refractivity contribution >= 4 is 16.9 Å². The first-order chi connectivity index (χ1) is 7.72. The molecule has 1 aromatic carbocycles. The molecule has 1 heterocycles. The number of carbonyl (C=O) groups excluding carboxylic acids is 1. The maximum atomic E-state index is 11.0. The van der Waals surface area contributed by atoms with Gasteiger partial charge in [0, 0.05) is 23.5 Å². The summed E-state index contributed by atoms with van der Waals surface area (Å²) in [5.41, 5.74) is 1.80. The molecule has 16 heavy (non-hydrogen) atoms. The number of ether oxygens (including phenoxy) is 1. The minimum Gasteiger partial charge on any atom is -0.507 e. The molecule has 84 valence electrons. The number of benzene rings is 1. The zero-order valence-corrected chi connectivity index (χ0v) is 8.99. The summed E-state index contributed by atoms with van der Waals surface area (Å²) >= 11 is 0. The number of fused-ring (bicyclic) bond motifs is 1. The number of aromatic nitrogens is 1. The van der Waals surface area contributed by atoms with Crippen molar-refractivity contribution in [2.75, 3.05) is 7.11 Å². The van der Waals surface area contributed by atoms with Gasteiger partial charge in [0.2, 0.25) is 0 Å². The Balaban J connectivity index is 2.28. The third kappa shape index (κ3) is 1.86. The van der Waals surface area contributed by atoms with Crippen LogP contribution in [-0.4, -0.2) is 23.2 Å². The second kappa shape index (κ2) is 4.26. The fraction of sp³-hybridized carbons (Fsp3) is 0.250. The molecule has 4 nitrogen and oxygen atoms in total. The molecular formula is C12H13NO3. The first-order valence-electron chi connectivity index (χ1n) is 5.07. The van der Waals surface area contributed by atoms with Crippen LogP contribution in [0.2, 0.25) is 0 Å². The van der Waals surface area contributed by atoms with Crippen LogP contribution >= 0.6 is 0 Å². The van der Waals surface area contributed by atoms with E-state index in [4.69, 9.17) is 0 Å². The highest BCUT2D eigenvalue weighted by atomic mass is 16.5. The highest BCUT2D eigenvalue weighted by molar-refractivity contribution is 5.89. The first kappa shape index (κ1) is 10.5. The third-order valence-corrected chi connectivity index (χ3v) is 2.59. The van der Waals surface area contributed by atoms with Crippen molar-refractivity contribution in [3.63, 3.8) is 0 Å². The van der Waals surface area contributed by atoms with Crippen molar-refractivity contribution < 1.29 is 14.6 Å². The predicted molar refractivity (Wildman–Crippen MR) is 60.3 cm³/mol. The highest BCUT2D eigenvalue weighted by Gasteiger charge is 2.09. The van der Waals surface area contributed by atoms with Crippen LogP contribution < -0.4 is 0 Å². The van der Waals surface area contributed by atoms with Gasteiger partial charge < -0.3 is 14.8 Å². The van der Waals surface area contributed by atoms with Crippen LogP contribution in [0.5, 0.6) is 5.75 Å². The number of hydrogen-bond donors (Lipinski definition) is 2. The van der Waals surface area contributed by atoms with Gasteiger partial charge in [0.05, 0.1) is 7.11 Å². The van der Waals surface area contributed by atoms with Gasteiger partial charge in [0.15, 0.2) is 0 Å². The number of carbonyl (C=O) groups is 1. The monoisotopic (exact) mass is 219 g/mol. The van der Waals surface area contributed by atoms with Gasteiger partial charge in [-0.2, -0.15) is 0 Å². The zero-order valence-electron chi connectivity index (χ0n) is 8.99. The minimum atomic E-state index is -0.246. The summed E-state index contributed by atoms with van der Waals surface area (Å²) in [7, 11) is 1.37. The molecule has 0 aliphatic heterocycles. The van der Waals surface area contributed by atoms with E-state index in [0.717, 1.165) is 16.5 Å². The van der Waals surface area contributed by atoms with Crippen LogP contribution in [0.1, 0.15) is 12.0 Å². The maximum absolute atomic E-state index is 11.0. The molecular weight excluding hydrogens is 206 g/mol. The molecule has 0 saturated heterocycles. The minimum absolute atomic E-state index is 0.235. The molecule has 0 unspecified atom stereocenters. The fourth-order valence-corrected chi connectivity index (χ4v) is 1.77. The van der Waals surface area contributed by atoms with E-state index < -0.39 is 0 Å². The van der Waals surface area contributed by atoms with Crippen LogP contribution in [0.3, 0.4) is 0 Å². The molecule has 0 spiro atoms. The van der Waals surface area contributed by atoms with Crippen molar-refractivity contribution in [1.29, 1.82) is 0 Å². The molecule has 2 rings (SSSR count). The maximum Gasteiger partial charge on any atom is 0.305 e. The summed E-state index contributed by atoms with van der Waals surface area (Å²) in [5.74, 6) is -0.0108. The molecule has 4 heteroatoms. The van der Waals surface area contributed by atoms with Crippen molar-refractivity contribution in [3.8, 4) is 5.75 Å². The summed E-state index contributed by atoms with van der Waals surface area (Å²) in [6.07, 6.45) is 2.69. The van der Waals surface area contributed by atoms with E-state index >= 15 is 0 Å². The van der Waals surface area contributed by atoms with E-state index in [1.54, 1.807) is 12.1 Å². The lowest BCUT2D eigenvalue weighted by Crippen LogP contribution is -2.01. The van der Waals surface area contributed by atoms with Gasteiger partial charge in [-0.25, -0.2) is 0 Å². The highest BCUT2D eigenvalue weighted by Crippen LogP contribution is 2.28. The van der Waals surface area contributed by atoms with Crippen LogP contribution in [0.15, 0.2) is 24.4 Å². The lowest BCUT2D eigenvalue weighted by atomic mass is 10.1. The topological polar surface area (TPSA) is 62.3 Å². The van der Waals surface area contributed by atoms with Crippen LogP contribution in [0.4, 0.5) is 0 Å². The molecule has 0 saturated carbocycles. The van der Waals surface area contributed by atoms with Gasteiger partial charge in [0.1, 0.15) is 5.75 Å². The van der Waals surface area contributed by atoms with Crippen molar-refractivity contribution in [2.24, 2.45) is 0 Å². The number of esters is 1. The van der Waals surface area contributed by atoms with E-state index in [-0.39, 0.29) is 11.7 Å². The number of methoxy groups -OCH3 is 1. The molecule has 0 aliphatic carbocycles. The predicted octanol–water partition coefficient (Wildman–Crippen LogP) is 1.98.